The predicted molar refractivity (Wildman–Crippen MR) is 58.3 cm³/mol. The molecule has 0 radical (unpaired) electrons. The molecule has 7 heteroatoms. The zero-order chi connectivity index (χ0) is 11.6. The summed E-state index contributed by atoms with van der Waals surface area (Å²) in [6.45, 7) is 2.02. The van der Waals surface area contributed by atoms with Gasteiger partial charge >= 0.3 is 8.80 Å². The molecule has 0 aliphatic carbocycles. The molecule has 1 atom stereocenters. The Labute approximate surface area is 91.0 Å². The third-order valence-electron chi connectivity index (χ3n) is 1.65. The van der Waals surface area contributed by atoms with Gasteiger partial charge in [0, 0.05) is 21.3 Å². The Morgan fingerprint density at radius 3 is 1.71 bits per heavy atom. The molecule has 0 aliphatic rings. The fourth-order valence-electron chi connectivity index (χ4n) is 0.908. The molecule has 0 heterocycles. The molecule has 14 heavy (non-hydrogen) atoms. The van der Waals surface area contributed by atoms with Crippen LogP contribution in [0, 0.1) is 5.41 Å². The van der Waals surface area contributed by atoms with Crippen LogP contribution in [0.2, 0.25) is 0 Å². The number of nitrogens with one attached hydrogen (secondary N) is 1. The van der Waals surface area contributed by atoms with E-state index in [0.717, 1.165) is 12.5 Å². The normalized spacial score (nSPS) is 12.4. The molecule has 84 valence electrons. The molecular formula is C7H17NO4SSi. The van der Waals surface area contributed by atoms with Gasteiger partial charge in [-0.3, -0.25) is 0 Å². The number of hydrogen-bond donors (Lipinski definition) is 2. The Bertz CT molecular complexity index is 163. The second-order valence-electron chi connectivity index (χ2n) is 2.24. The van der Waals surface area contributed by atoms with Crippen LogP contribution in [0.3, 0.4) is 0 Å². The van der Waals surface area contributed by atoms with E-state index in [1.807, 2.05) is 6.92 Å². The van der Waals surface area contributed by atoms with Crippen molar-refractivity contribution in [2.24, 2.45) is 0 Å². The maximum absolute atomic E-state index is 8.35. The number of thiol groups is 1. The van der Waals surface area contributed by atoms with Gasteiger partial charge < -0.3 is 13.3 Å². The second kappa shape index (κ2) is 9.38. The quantitative estimate of drug-likeness (QED) is 0.325. The summed E-state index contributed by atoms with van der Waals surface area (Å²) in [6.07, 6.45) is 1.63. The Morgan fingerprint density at radius 1 is 1.36 bits per heavy atom. The molecule has 0 aromatic heterocycles. The van der Waals surface area contributed by atoms with Crippen molar-refractivity contribution >= 4 is 27.5 Å². The summed E-state index contributed by atoms with van der Waals surface area (Å²) in [5.74, 6) is 0. The average molecular weight is 239 g/mol. The zero-order valence-corrected chi connectivity index (χ0v) is 10.8. The molecule has 1 N–H and O–H groups in total. The molecule has 0 bridgehead atoms. The fraction of sp³-hybridized carbons (Fsp3) is 0.857. The van der Waals surface area contributed by atoms with E-state index in [1.165, 1.54) is 0 Å². The first kappa shape index (κ1) is 16.3. The minimum absolute atomic E-state index is 0.0579. The lowest BCUT2D eigenvalue weighted by atomic mass is 10.6. The summed E-state index contributed by atoms with van der Waals surface area (Å²) in [7, 11) is 2.33. The Kier molecular flexibility index (Phi) is 10.9. The van der Waals surface area contributed by atoms with Gasteiger partial charge in [-0.2, -0.15) is 12.6 Å². The highest BCUT2D eigenvalue weighted by Gasteiger charge is 2.44. The topological polar surface area (TPSA) is 68.6 Å². The van der Waals surface area contributed by atoms with Crippen molar-refractivity contribution < 1.29 is 18.1 Å². The first-order valence-electron chi connectivity index (χ1n) is 3.95. The van der Waals surface area contributed by atoms with Crippen LogP contribution in [0.15, 0.2) is 0 Å². The molecule has 0 aliphatic heterocycles. The Hall–Kier alpha value is -0.173. The van der Waals surface area contributed by atoms with Gasteiger partial charge in [-0.25, -0.2) is 10.2 Å². The highest BCUT2D eigenvalue weighted by molar-refractivity contribution is 7.83. The van der Waals surface area contributed by atoms with E-state index in [-0.39, 0.29) is 4.87 Å². The lowest BCUT2D eigenvalue weighted by Gasteiger charge is -2.28. The SMILES string of the molecule is CCC(S)[Si](OC)(OC)OC.N=C=O. The van der Waals surface area contributed by atoms with E-state index in [4.69, 9.17) is 23.5 Å². The smallest absolute Gasteiger partial charge is 0.376 e. The van der Waals surface area contributed by atoms with Crippen LogP contribution in [0.4, 0.5) is 0 Å². The number of hydrogen-bond acceptors (Lipinski definition) is 6. The van der Waals surface area contributed by atoms with Crippen molar-refractivity contribution in [3.8, 4) is 0 Å². The van der Waals surface area contributed by atoms with Crippen LogP contribution < -0.4 is 0 Å². The monoisotopic (exact) mass is 239 g/mol. The van der Waals surface area contributed by atoms with Crippen LogP contribution in [0.25, 0.3) is 0 Å². The molecule has 5 nitrogen and oxygen atoms in total. The number of carbonyl (C=O) groups excluding carboxylic acids is 1. The average Bonchev–Trinajstić information content (AvgIpc) is 2.22. The van der Waals surface area contributed by atoms with Crippen LogP contribution in [0.1, 0.15) is 13.3 Å². The van der Waals surface area contributed by atoms with Crippen LogP contribution in [-0.4, -0.2) is 41.1 Å². The zero-order valence-electron chi connectivity index (χ0n) is 8.86. The van der Waals surface area contributed by atoms with Crippen molar-refractivity contribution in [3.63, 3.8) is 0 Å². The standard InChI is InChI=1S/C6H16O3SSi.CHNO/c1-5-6(10)11(7-2,8-3)9-4;2-1-3/h6,10H,5H2,1-4H3;2H. The van der Waals surface area contributed by atoms with Crippen molar-refractivity contribution in [2.75, 3.05) is 21.3 Å². The Balaban J connectivity index is 0. The van der Waals surface area contributed by atoms with Crippen molar-refractivity contribution in [3.05, 3.63) is 0 Å². The molecule has 0 rings (SSSR count). The summed E-state index contributed by atoms with van der Waals surface area (Å²) in [5.41, 5.74) is 0. The Morgan fingerprint density at radius 2 is 1.64 bits per heavy atom. The molecule has 0 amide bonds. The van der Waals surface area contributed by atoms with Crippen molar-refractivity contribution in [2.45, 2.75) is 18.2 Å². The third-order valence-corrected chi connectivity index (χ3v) is 5.89. The summed E-state index contributed by atoms with van der Waals surface area (Å²) in [5, 5.41) is 5.40. The number of rotatable bonds is 5. The molecule has 0 saturated carbocycles. The van der Waals surface area contributed by atoms with Crippen molar-refractivity contribution in [1.29, 1.82) is 5.41 Å². The summed E-state index contributed by atoms with van der Waals surface area (Å²) < 4.78 is 15.6. The van der Waals surface area contributed by atoms with E-state index in [0.29, 0.717) is 0 Å². The van der Waals surface area contributed by atoms with Gasteiger partial charge in [0.15, 0.2) is 0 Å². The minimum Gasteiger partial charge on any atom is -0.376 e. The van der Waals surface area contributed by atoms with Crippen molar-refractivity contribution in [1.82, 2.24) is 0 Å². The molecule has 1 unspecified atom stereocenters. The van der Waals surface area contributed by atoms with Crippen LogP contribution in [0.5, 0.6) is 0 Å². The van der Waals surface area contributed by atoms with Gasteiger partial charge in [0.1, 0.15) is 0 Å². The molecule has 0 saturated heterocycles. The maximum atomic E-state index is 8.35. The third kappa shape index (κ3) is 4.90. The van der Waals surface area contributed by atoms with E-state index < -0.39 is 8.80 Å². The number of isocyanates is 1. The summed E-state index contributed by atoms with van der Waals surface area (Å²) in [6, 6.07) is 0. The van der Waals surface area contributed by atoms with Gasteiger partial charge in [0.05, 0.1) is 4.87 Å². The van der Waals surface area contributed by atoms with Gasteiger partial charge in [-0.1, -0.05) is 6.92 Å². The first-order valence-corrected chi connectivity index (χ1v) is 6.27. The summed E-state index contributed by atoms with van der Waals surface area (Å²) >= 11 is 4.34. The van der Waals surface area contributed by atoms with E-state index in [9.17, 15) is 0 Å². The molecule has 0 aromatic rings. The maximum Gasteiger partial charge on any atom is 0.513 e. The molecular weight excluding hydrogens is 222 g/mol. The van der Waals surface area contributed by atoms with Gasteiger partial charge in [-0.15, -0.1) is 0 Å². The van der Waals surface area contributed by atoms with Gasteiger partial charge in [0.25, 0.3) is 0 Å². The highest BCUT2D eigenvalue weighted by atomic mass is 32.1. The second-order valence-corrected chi connectivity index (χ2v) is 6.48. The van der Waals surface area contributed by atoms with Crippen LogP contribution in [-0.2, 0) is 18.1 Å². The highest BCUT2D eigenvalue weighted by Crippen LogP contribution is 2.19. The lowest BCUT2D eigenvalue weighted by Crippen LogP contribution is -2.51. The van der Waals surface area contributed by atoms with E-state index in [1.54, 1.807) is 21.3 Å². The molecule has 0 fully saturated rings. The van der Waals surface area contributed by atoms with E-state index >= 15 is 0 Å². The largest absolute Gasteiger partial charge is 0.513 e. The van der Waals surface area contributed by atoms with Gasteiger partial charge in [-0.05, 0) is 6.42 Å². The molecule has 0 aromatic carbocycles. The molecule has 0 spiro atoms. The minimum atomic E-state index is -2.46. The van der Waals surface area contributed by atoms with Gasteiger partial charge in [0.2, 0.25) is 6.08 Å². The summed E-state index contributed by atoms with van der Waals surface area (Å²) in [4.78, 5) is 8.41. The lowest BCUT2D eigenvalue weighted by molar-refractivity contribution is 0.121. The van der Waals surface area contributed by atoms with Crippen LogP contribution >= 0.6 is 12.6 Å². The predicted octanol–water partition coefficient (Wildman–Crippen LogP) is 1.01. The fourth-order valence-corrected chi connectivity index (χ4v) is 3.67. The van der Waals surface area contributed by atoms with E-state index in [2.05, 4.69) is 12.6 Å². The first-order chi connectivity index (χ1) is 6.58.